The minimum atomic E-state index is -0.786. The van der Waals surface area contributed by atoms with Crippen LogP contribution in [0.1, 0.15) is 78.5 Å². The van der Waals surface area contributed by atoms with Crippen molar-refractivity contribution in [1.29, 1.82) is 0 Å². The van der Waals surface area contributed by atoms with Crippen LogP contribution in [-0.4, -0.2) is 86.9 Å². The normalized spacial score (nSPS) is 23.4. The molecule has 4 fully saturated rings. The number of rotatable bonds is 9. The van der Waals surface area contributed by atoms with Crippen molar-refractivity contribution in [3.05, 3.63) is 96.6 Å². The van der Waals surface area contributed by atoms with Gasteiger partial charge in [0.05, 0.1) is 16.6 Å². The van der Waals surface area contributed by atoms with Gasteiger partial charge in [-0.15, -0.1) is 0 Å². The molecule has 4 aliphatic heterocycles. The molecule has 0 bridgehead atoms. The van der Waals surface area contributed by atoms with Gasteiger partial charge >= 0.3 is 0 Å². The van der Waals surface area contributed by atoms with E-state index in [1.807, 2.05) is 36.8 Å². The average molecular weight is 778 g/mol. The van der Waals surface area contributed by atoms with Crippen LogP contribution >= 0.6 is 0 Å². The van der Waals surface area contributed by atoms with Crippen molar-refractivity contribution in [2.45, 2.75) is 69.9 Å². The van der Waals surface area contributed by atoms with E-state index in [1.165, 1.54) is 60.7 Å². The quantitative estimate of drug-likeness (QED) is 0.155. The van der Waals surface area contributed by atoms with Crippen molar-refractivity contribution in [2.24, 2.45) is 24.8 Å². The van der Waals surface area contributed by atoms with Gasteiger partial charge in [-0.25, -0.2) is 4.98 Å². The molecule has 1 aliphatic carbocycles. The fourth-order valence-corrected chi connectivity index (χ4v) is 10.3. The summed E-state index contributed by atoms with van der Waals surface area (Å²) in [5, 5.41) is 5.09. The van der Waals surface area contributed by atoms with Crippen molar-refractivity contribution in [3.63, 3.8) is 0 Å². The molecular formula is C47H51N7O4. The molecule has 3 aromatic heterocycles. The summed E-state index contributed by atoms with van der Waals surface area (Å²) >= 11 is 0. The molecule has 1 atom stereocenters. The van der Waals surface area contributed by atoms with Crippen LogP contribution in [0.2, 0.25) is 0 Å². The minimum absolute atomic E-state index is 0.244. The van der Waals surface area contributed by atoms with E-state index < -0.39 is 6.04 Å². The number of carbonyl (C=O) groups is 3. The predicted octanol–water partition coefficient (Wildman–Crippen LogP) is 7.35. The van der Waals surface area contributed by atoms with Crippen molar-refractivity contribution < 1.29 is 19.1 Å². The molecule has 0 radical (unpaired) electrons. The van der Waals surface area contributed by atoms with Gasteiger partial charge < -0.3 is 24.4 Å². The number of hydrogen-bond acceptors (Lipinski definition) is 8. The monoisotopic (exact) mass is 777 g/mol. The number of hydrogen-bond donors (Lipinski definition) is 1. The molecule has 5 aromatic rings. The van der Waals surface area contributed by atoms with Crippen molar-refractivity contribution in [3.8, 4) is 17.0 Å². The molecule has 1 saturated carbocycles. The summed E-state index contributed by atoms with van der Waals surface area (Å²) < 4.78 is 8.53. The summed E-state index contributed by atoms with van der Waals surface area (Å²) in [5.41, 5.74) is 7.00. The Kier molecular flexibility index (Phi) is 9.51. The van der Waals surface area contributed by atoms with Gasteiger partial charge in [0, 0.05) is 84.6 Å². The van der Waals surface area contributed by atoms with Gasteiger partial charge in [-0.3, -0.25) is 24.3 Å². The van der Waals surface area contributed by atoms with E-state index in [0.29, 0.717) is 41.5 Å². The first kappa shape index (κ1) is 36.8. The van der Waals surface area contributed by atoms with E-state index in [9.17, 15) is 14.4 Å². The maximum absolute atomic E-state index is 13.4. The predicted molar refractivity (Wildman–Crippen MR) is 225 cm³/mol. The highest BCUT2D eigenvalue weighted by Gasteiger charge is 2.44. The maximum Gasteiger partial charge on any atom is 0.262 e. The van der Waals surface area contributed by atoms with E-state index in [1.54, 1.807) is 6.07 Å². The van der Waals surface area contributed by atoms with Gasteiger partial charge in [-0.1, -0.05) is 18.7 Å². The number of ether oxygens (including phenoxy) is 1. The van der Waals surface area contributed by atoms with Crippen molar-refractivity contribution in [1.82, 2.24) is 29.7 Å². The zero-order valence-electron chi connectivity index (χ0n) is 33.2. The molecular weight excluding hydrogens is 727 g/mol. The van der Waals surface area contributed by atoms with Crippen LogP contribution in [0, 0.1) is 17.8 Å². The SMILES string of the molecule is C=C1CCC(N2C(=O)c3ccc(N4CCC(CC5CCN(CC6CC(Oc7ccc(-c8ccc9c%10cnccc%10n(C)c9c8)cn7)C6)CC5)CC4)cc3C2=O)C(=O)N1. The number of piperidine rings is 3. The second-order valence-corrected chi connectivity index (χ2v) is 17.4. The van der Waals surface area contributed by atoms with Crippen LogP contribution in [0.25, 0.3) is 32.9 Å². The van der Waals surface area contributed by atoms with Crippen LogP contribution in [0.15, 0.2) is 85.5 Å². The second kappa shape index (κ2) is 15.0. The standard InChI is InChI=1S/C47H51N7O4/c1-29-3-9-42(45(55)50-29)54-46(56)38-8-6-35(25-39(38)47(54)57)53-19-14-31(15-20-53)21-30-12-17-52(18-13-30)28-32-22-36(23-32)58-44-10-5-34(26-49-44)33-4-7-37-40-27-48-16-11-41(40)51(2)43(37)24-33/h4-8,10-11,16,24-27,30-32,36,42H,1,3,9,12-15,17-23,28H2,2H3,(H,50,55). The minimum Gasteiger partial charge on any atom is -0.474 e. The Morgan fingerprint density at radius 1 is 0.776 bits per heavy atom. The molecule has 5 aliphatic rings. The van der Waals surface area contributed by atoms with E-state index in [-0.39, 0.29) is 23.8 Å². The van der Waals surface area contributed by atoms with Crippen molar-refractivity contribution in [2.75, 3.05) is 37.6 Å². The number of pyridine rings is 2. The Balaban J connectivity index is 0.647. The molecule has 11 nitrogen and oxygen atoms in total. The lowest BCUT2D eigenvalue weighted by Gasteiger charge is -2.41. The number of carbonyl (C=O) groups excluding carboxylic acids is 3. The molecule has 1 unspecified atom stereocenters. The number of imide groups is 1. The Morgan fingerprint density at radius 3 is 2.29 bits per heavy atom. The van der Waals surface area contributed by atoms with Crippen LogP contribution in [0.5, 0.6) is 5.88 Å². The number of nitrogens with zero attached hydrogens (tertiary/aromatic N) is 6. The maximum atomic E-state index is 13.4. The highest BCUT2D eigenvalue weighted by Crippen LogP contribution is 2.37. The number of amides is 3. The first-order valence-corrected chi connectivity index (χ1v) is 21.2. The topological polar surface area (TPSA) is 113 Å². The smallest absolute Gasteiger partial charge is 0.262 e. The van der Waals surface area contributed by atoms with E-state index >= 15 is 0 Å². The lowest BCUT2D eigenvalue weighted by Crippen LogP contribution is -2.51. The molecule has 10 rings (SSSR count). The summed E-state index contributed by atoms with van der Waals surface area (Å²) in [6.07, 6.45) is 15.2. The highest BCUT2D eigenvalue weighted by molar-refractivity contribution is 6.23. The van der Waals surface area contributed by atoms with Crippen LogP contribution in [0.3, 0.4) is 0 Å². The highest BCUT2D eigenvalue weighted by atomic mass is 16.5. The lowest BCUT2D eigenvalue weighted by atomic mass is 9.80. The number of fused-ring (bicyclic) bond motifs is 4. The first-order chi connectivity index (χ1) is 28.3. The van der Waals surface area contributed by atoms with E-state index in [4.69, 9.17) is 4.74 Å². The largest absolute Gasteiger partial charge is 0.474 e. The fourth-order valence-electron chi connectivity index (χ4n) is 10.3. The molecule has 298 valence electrons. The molecule has 1 N–H and O–H groups in total. The summed E-state index contributed by atoms with van der Waals surface area (Å²) in [5.74, 6) is 1.82. The molecule has 11 heteroatoms. The lowest BCUT2D eigenvalue weighted by molar-refractivity contribution is -0.125. The van der Waals surface area contributed by atoms with Gasteiger partial charge in [0.15, 0.2) is 0 Å². The fraction of sp³-hybridized carbons (Fsp3) is 0.426. The van der Waals surface area contributed by atoms with E-state index in [0.717, 1.165) is 72.3 Å². The Bertz CT molecular complexity index is 2420. The number of aromatic nitrogens is 3. The third-order valence-corrected chi connectivity index (χ3v) is 13.8. The number of aryl methyl sites for hydroxylation is 1. The van der Waals surface area contributed by atoms with Gasteiger partial charge in [0.1, 0.15) is 12.1 Å². The van der Waals surface area contributed by atoms with Gasteiger partial charge in [-0.05, 0) is 131 Å². The summed E-state index contributed by atoms with van der Waals surface area (Å²) in [6, 6.07) is 17.6. The molecule has 58 heavy (non-hydrogen) atoms. The van der Waals surface area contributed by atoms with Crippen LogP contribution in [0.4, 0.5) is 5.69 Å². The molecule has 3 amide bonds. The zero-order chi connectivity index (χ0) is 39.5. The van der Waals surface area contributed by atoms with Gasteiger partial charge in [0.2, 0.25) is 11.8 Å². The number of allylic oxidation sites excluding steroid dienone is 1. The van der Waals surface area contributed by atoms with Crippen molar-refractivity contribution >= 4 is 45.2 Å². The number of nitrogens with one attached hydrogen (secondary N) is 1. The number of anilines is 1. The third-order valence-electron chi connectivity index (χ3n) is 13.8. The Hall–Kier alpha value is -5.55. The molecule has 3 saturated heterocycles. The zero-order valence-corrected chi connectivity index (χ0v) is 33.2. The molecule has 2 aromatic carbocycles. The van der Waals surface area contributed by atoms with Gasteiger partial charge in [0.25, 0.3) is 11.8 Å². The second-order valence-electron chi connectivity index (χ2n) is 17.4. The summed E-state index contributed by atoms with van der Waals surface area (Å²) in [6.45, 7) is 9.26. The summed E-state index contributed by atoms with van der Waals surface area (Å²) in [4.78, 5) is 54.4. The summed E-state index contributed by atoms with van der Waals surface area (Å²) in [7, 11) is 2.11. The average Bonchev–Trinajstić information content (AvgIpc) is 3.66. The number of benzene rings is 2. The molecule has 7 heterocycles. The van der Waals surface area contributed by atoms with Crippen LogP contribution in [-0.2, 0) is 11.8 Å². The molecule has 0 spiro atoms. The first-order valence-electron chi connectivity index (χ1n) is 21.2. The van der Waals surface area contributed by atoms with Crippen LogP contribution < -0.4 is 15.0 Å². The van der Waals surface area contributed by atoms with Gasteiger partial charge in [-0.2, -0.15) is 0 Å². The Labute approximate surface area is 339 Å². The number of likely N-dealkylation sites (tertiary alicyclic amines) is 1. The Morgan fingerprint density at radius 2 is 1.53 bits per heavy atom. The van der Waals surface area contributed by atoms with E-state index in [2.05, 4.69) is 73.6 Å². The third kappa shape index (κ3) is 6.82.